The highest BCUT2D eigenvalue weighted by atomic mass is 16.7. The molecule has 0 spiro atoms. The highest BCUT2D eigenvalue weighted by Crippen LogP contribution is 2.43. The van der Waals surface area contributed by atoms with Gasteiger partial charge in [0, 0.05) is 13.3 Å². The molecule has 0 amide bonds. The molecule has 2 rings (SSSR count). The molecule has 6 unspecified atom stereocenters. The van der Waals surface area contributed by atoms with Gasteiger partial charge >= 0.3 is 23.9 Å². The lowest BCUT2D eigenvalue weighted by Gasteiger charge is -2.37. The van der Waals surface area contributed by atoms with Crippen LogP contribution in [0.3, 0.4) is 0 Å². The molecule has 1 saturated heterocycles. The summed E-state index contributed by atoms with van der Waals surface area (Å²) in [6.07, 6.45) is 0.515. The molecule has 1 saturated carbocycles. The number of carbonyl (C=O) groups is 4. The van der Waals surface area contributed by atoms with Gasteiger partial charge in [-0.25, -0.2) is 0 Å². The molecule has 0 N–H and O–H groups in total. The van der Waals surface area contributed by atoms with Crippen LogP contribution >= 0.6 is 0 Å². The molecule has 2 aliphatic rings. The van der Waals surface area contributed by atoms with Crippen molar-refractivity contribution in [3.05, 3.63) is 0 Å². The lowest BCUT2D eigenvalue weighted by Crippen LogP contribution is -2.47. The summed E-state index contributed by atoms with van der Waals surface area (Å²) in [7, 11) is 0. The SMILES string of the molecule is CC(OC(=O)C(C)C(=O)OC1(C)CCC2CC1OC2=O)OC(=O)C(C)(CC(C)(C)C)C(C)C. The number of ether oxygens (including phenoxy) is 4. The van der Waals surface area contributed by atoms with Gasteiger partial charge in [-0.2, -0.15) is 0 Å². The van der Waals surface area contributed by atoms with Crippen molar-refractivity contribution >= 4 is 23.9 Å². The fourth-order valence-corrected chi connectivity index (χ4v) is 4.59. The summed E-state index contributed by atoms with van der Waals surface area (Å²) in [6, 6.07) is 0. The lowest BCUT2D eigenvalue weighted by atomic mass is 9.69. The molecule has 0 aromatic rings. The van der Waals surface area contributed by atoms with Gasteiger partial charge in [-0.15, -0.1) is 0 Å². The zero-order valence-electron chi connectivity index (χ0n) is 21.5. The molecule has 6 atom stereocenters. The van der Waals surface area contributed by atoms with Gasteiger partial charge in [0.2, 0.25) is 6.29 Å². The van der Waals surface area contributed by atoms with Crippen LogP contribution in [0.2, 0.25) is 0 Å². The Morgan fingerprint density at radius 3 is 2.21 bits per heavy atom. The number of hydrogen-bond acceptors (Lipinski definition) is 8. The minimum Gasteiger partial charge on any atom is -0.458 e. The molecule has 2 fully saturated rings. The maximum Gasteiger partial charge on any atom is 0.323 e. The van der Waals surface area contributed by atoms with Crippen molar-refractivity contribution in [2.24, 2.45) is 28.6 Å². The number of fused-ring (bicyclic) bond motifs is 2. The maximum atomic E-state index is 12.9. The summed E-state index contributed by atoms with van der Waals surface area (Å²) in [4.78, 5) is 49.9. The molecular weight excluding hydrogens is 428 g/mol. The fraction of sp³-hybridized carbons (Fsp3) is 0.840. The Kier molecular flexibility index (Phi) is 7.91. The lowest BCUT2D eigenvalue weighted by molar-refractivity contribution is -0.201. The van der Waals surface area contributed by atoms with E-state index in [0.717, 1.165) is 0 Å². The average Bonchev–Trinajstić information content (AvgIpc) is 3.00. The predicted molar refractivity (Wildman–Crippen MR) is 120 cm³/mol. The standard InChI is InChI=1S/C25H40O8/c1-14(2)24(8,13-23(5,6)7)22(29)31-16(4)30-19(26)15(3)20(27)33-25(9)11-10-17-12-18(25)32-21(17)28/h14-18H,10-13H2,1-9H3. The van der Waals surface area contributed by atoms with E-state index in [1.165, 1.54) is 13.8 Å². The van der Waals surface area contributed by atoms with E-state index < -0.39 is 47.2 Å². The van der Waals surface area contributed by atoms with Crippen LogP contribution in [0.4, 0.5) is 0 Å². The molecule has 188 valence electrons. The highest BCUT2D eigenvalue weighted by Gasteiger charge is 2.53. The summed E-state index contributed by atoms with van der Waals surface area (Å²) in [5.74, 6) is -3.66. The van der Waals surface area contributed by atoms with Crippen LogP contribution in [0.15, 0.2) is 0 Å². The summed E-state index contributed by atoms with van der Waals surface area (Å²) in [5.41, 5.74) is -1.83. The van der Waals surface area contributed by atoms with Gasteiger partial charge in [-0.1, -0.05) is 34.6 Å². The van der Waals surface area contributed by atoms with E-state index in [1.807, 2.05) is 20.8 Å². The third kappa shape index (κ3) is 6.27. The van der Waals surface area contributed by atoms with Crippen molar-refractivity contribution in [2.75, 3.05) is 0 Å². The second kappa shape index (κ2) is 9.63. The van der Waals surface area contributed by atoms with Crippen LogP contribution in [0, 0.1) is 28.6 Å². The van der Waals surface area contributed by atoms with Crippen LogP contribution in [-0.4, -0.2) is 41.9 Å². The minimum atomic E-state index is -1.22. The number of hydrogen-bond donors (Lipinski definition) is 0. The van der Waals surface area contributed by atoms with Crippen molar-refractivity contribution in [1.29, 1.82) is 0 Å². The van der Waals surface area contributed by atoms with Crippen molar-refractivity contribution in [3.8, 4) is 0 Å². The first-order chi connectivity index (χ1) is 15.0. The van der Waals surface area contributed by atoms with Crippen molar-refractivity contribution in [3.63, 3.8) is 0 Å². The second-order valence-corrected chi connectivity index (χ2v) is 11.6. The van der Waals surface area contributed by atoms with E-state index in [4.69, 9.17) is 18.9 Å². The first-order valence-corrected chi connectivity index (χ1v) is 11.8. The van der Waals surface area contributed by atoms with E-state index in [-0.39, 0.29) is 23.2 Å². The summed E-state index contributed by atoms with van der Waals surface area (Å²) < 4.78 is 21.7. The van der Waals surface area contributed by atoms with Crippen molar-refractivity contribution in [1.82, 2.24) is 0 Å². The Morgan fingerprint density at radius 1 is 1.06 bits per heavy atom. The Labute approximate surface area is 197 Å². The summed E-state index contributed by atoms with van der Waals surface area (Å²) in [6.45, 7) is 16.5. The third-order valence-electron chi connectivity index (χ3n) is 6.99. The van der Waals surface area contributed by atoms with Gasteiger partial charge in [-0.3, -0.25) is 19.2 Å². The second-order valence-electron chi connectivity index (χ2n) is 11.6. The summed E-state index contributed by atoms with van der Waals surface area (Å²) in [5, 5.41) is 0. The first kappa shape index (κ1) is 27.1. The molecule has 1 aliphatic carbocycles. The number of esters is 4. The molecule has 1 heterocycles. The first-order valence-electron chi connectivity index (χ1n) is 11.8. The van der Waals surface area contributed by atoms with E-state index in [0.29, 0.717) is 25.7 Å². The van der Waals surface area contributed by atoms with Gasteiger partial charge < -0.3 is 18.9 Å². The van der Waals surface area contributed by atoms with Gasteiger partial charge in [0.15, 0.2) is 5.92 Å². The van der Waals surface area contributed by atoms with E-state index in [1.54, 1.807) is 6.92 Å². The molecule has 8 nitrogen and oxygen atoms in total. The Morgan fingerprint density at radius 2 is 1.67 bits per heavy atom. The van der Waals surface area contributed by atoms with Crippen molar-refractivity contribution < 1.29 is 38.1 Å². The van der Waals surface area contributed by atoms with E-state index in [9.17, 15) is 19.2 Å². The van der Waals surface area contributed by atoms with Crippen LogP contribution in [0.1, 0.15) is 88.0 Å². The van der Waals surface area contributed by atoms with E-state index in [2.05, 4.69) is 20.8 Å². The molecule has 0 radical (unpaired) electrons. The monoisotopic (exact) mass is 468 g/mol. The van der Waals surface area contributed by atoms with Crippen LogP contribution in [-0.2, 0) is 38.1 Å². The minimum absolute atomic E-state index is 0.0153. The van der Waals surface area contributed by atoms with Crippen molar-refractivity contribution in [2.45, 2.75) is 106 Å². The predicted octanol–water partition coefficient (Wildman–Crippen LogP) is 4.18. The molecule has 1 aliphatic heterocycles. The van der Waals surface area contributed by atoms with Gasteiger partial charge in [0.25, 0.3) is 0 Å². The van der Waals surface area contributed by atoms with E-state index >= 15 is 0 Å². The van der Waals surface area contributed by atoms with Gasteiger partial charge in [0.05, 0.1) is 11.3 Å². The Balaban J connectivity index is 1.94. The molecule has 33 heavy (non-hydrogen) atoms. The van der Waals surface area contributed by atoms with Crippen LogP contribution in [0.25, 0.3) is 0 Å². The molecule has 0 aromatic carbocycles. The van der Waals surface area contributed by atoms with Gasteiger partial charge in [-0.05, 0) is 51.4 Å². The zero-order chi connectivity index (χ0) is 25.4. The smallest absolute Gasteiger partial charge is 0.323 e. The zero-order valence-corrected chi connectivity index (χ0v) is 21.5. The largest absolute Gasteiger partial charge is 0.458 e. The molecule has 8 heteroatoms. The Bertz CT molecular complexity index is 782. The highest BCUT2D eigenvalue weighted by molar-refractivity contribution is 5.94. The number of rotatable bonds is 8. The molecule has 0 aromatic heterocycles. The van der Waals surface area contributed by atoms with Crippen LogP contribution < -0.4 is 0 Å². The maximum absolute atomic E-state index is 12.9. The Hall–Kier alpha value is -2.12. The fourth-order valence-electron chi connectivity index (χ4n) is 4.59. The number of carbonyl (C=O) groups excluding carboxylic acids is 4. The topological polar surface area (TPSA) is 105 Å². The normalized spacial score (nSPS) is 28.4. The van der Waals surface area contributed by atoms with Gasteiger partial charge in [0.1, 0.15) is 11.7 Å². The van der Waals surface area contributed by atoms with Crippen LogP contribution in [0.5, 0.6) is 0 Å². The summed E-state index contributed by atoms with van der Waals surface area (Å²) >= 11 is 0. The molecular formula is C25H40O8. The third-order valence-corrected chi connectivity index (χ3v) is 6.99. The molecule has 2 bridgehead atoms. The quantitative estimate of drug-likeness (QED) is 0.226. The average molecular weight is 469 g/mol.